The molecule has 0 unspecified atom stereocenters. The van der Waals surface area contributed by atoms with Gasteiger partial charge in [0.15, 0.2) is 0 Å². The molecule has 2 fully saturated rings. The van der Waals surface area contributed by atoms with E-state index in [-0.39, 0.29) is 25.8 Å². The summed E-state index contributed by atoms with van der Waals surface area (Å²) in [6.45, 7) is 0. The fourth-order valence-electron chi connectivity index (χ4n) is 1.16. The second-order valence-corrected chi connectivity index (χ2v) is 3.42. The first-order valence-corrected chi connectivity index (χ1v) is 5.74. The van der Waals surface area contributed by atoms with Gasteiger partial charge < -0.3 is 6.42 Å². The summed E-state index contributed by atoms with van der Waals surface area (Å²) in [5.41, 5.74) is 0.826. The Morgan fingerprint density at radius 3 is 1.11 bits per heavy atom. The minimum Gasteiger partial charge on any atom is -0.366 e. The Kier molecular flexibility index (Phi) is 13.8. The van der Waals surface area contributed by atoms with Gasteiger partial charge in [0, 0.05) is 25.8 Å². The Morgan fingerprint density at radius 1 is 0.579 bits per heavy atom. The summed E-state index contributed by atoms with van der Waals surface area (Å²) in [5, 5.41) is 0. The van der Waals surface area contributed by atoms with Crippen molar-refractivity contribution in [1.29, 1.82) is 0 Å². The zero-order valence-corrected chi connectivity index (χ0v) is 12.5. The molecule has 1 heteroatoms. The maximum absolute atomic E-state index is 6.69. The third-order valence-electron chi connectivity index (χ3n) is 2.03. The fourth-order valence-corrected chi connectivity index (χ4v) is 1.16. The van der Waals surface area contributed by atoms with E-state index in [0.717, 1.165) is 5.56 Å². The van der Waals surface area contributed by atoms with Crippen molar-refractivity contribution < 1.29 is 25.8 Å². The van der Waals surface area contributed by atoms with E-state index < -0.39 is 0 Å². The van der Waals surface area contributed by atoms with Crippen LogP contribution in [0.15, 0.2) is 30.3 Å². The average Bonchev–Trinajstić information content (AvgIpc) is 3.17. The van der Waals surface area contributed by atoms with Gasteiger partial charge >= 0.3 is 0 Å². The summed E-state index contributed by atoms with van der Waals surface area (Å²) in [5.74, 6) is 2.28. The average molecular weight is 276 g/mol. The SMILES string of the molecule is [C-]#Cc1ccccc1.[CH]1[CH][CH][CH][CH]1.[CH]1[CH][CH][CH][CH]1.[Sc]. The number of rotatable bonds is 0. The van der Waals surface area contributed by atoms with Gasteiger partial charge in [-0.15, -0.1) is 17.7 Å². The quantitative estimate of drug-likeness (QED) is 0.501. The molecule has 3 rings (SSSR count). The molecule has 11 radical (unpaired) electrons. The summed E-state index contributed by atoms with van der Waals surface area (Å²) in [6, 6.07) is 9.37. The first-order valence-electron chi connectivity index (χ1n) is 5.74. The van der Waals surface area contributed by atoms with E-state index in [4.69, 9.17) is 6.42 Å². The van der Waals surface area contributed by atoms with Crippen LogP contribution in [0.5, 0.6) is 0 Å². The van der Waals surface area contributed by atoms with E-state index in [1.165, 1.54) is 0 Å². The molecule has 2 saturated carbocycles. The van der Waals surface area contributed by atoms with Crippen molar-refractivity contribution in [3.8, 4) is 5.92 Å². The van der Waals surface area contributed by atoms with Crippen molar-refractivity contribution in [2.75, 3.05) is 0 Å². The second kappa shape index (κ2) is 14.1. The van der Waals surface area contributed by atoms with E-state index in [9.17, 15) is 0 Å². The first kappa shape index (κ1) is 18.7. The van der Waals surface area contributed by atoms with E-state index in [2.05, 4.69) is 5.92 Å². The molecule has 0 amide bonds. The molecular weight excluding hydrogens is 261 g/mol. The smallest absolute Gasteiger partial charge is 0 e. The van der Waals surface area contributed by atoms with Crippen LogP contribution in [0.25, 0.3) is 0 Å². The van der Waals surface area contributed by atoms with E-state index in [0.29, 0.717) is 0 Å². The monoisotopic (exact) mass is 276 g/mol. The maximum atomic E-state index is 6.69. The minimum absolute atomic E-state index is 0. The molecule has 19 heavy (non-hydrogen) atoms. The maximum Gasteiger partial charge on any atom is 0 e. The summed E-state index contributed by atoms with van der Waals surface area (Å²) < 4.78 is 0. The van der Waals surface area contributed by atoms with E-state index in [1.807, 2.05) is 94.5 Å². The normalized spacial score (nSPS) is 15.9. The molecular formula is C18H15Sc-. The molecule has 91 valence electrons. The minimum atomic E-state index is 0. The molecule has 1 aromatic rings. The molecule has 0 heterocycles. The van der Waals surface area contributed by atoms with Gasteiger partial charge in [0.2, 0.25) is 0 Å². The van der Waals surface area contributed by atoms with Gasteiger partial charge in [-0.05, 0) is 64.2 Å². The molecule has 0 atom stereocenters. The van der Waals surface area contributed by atoms with Crippen LogP contribution in [-0.2, 0) is 25.8 Å². The van der Waals surface area contributed by atoms with Crippen LogP contribution in [0, 0.1) is 76.6 Å². The summed E-state index contributed by atoms with van der Waals surface area (Å²) in [7, 11) is 0. The van der Waals surface area contributed by atoms with E-state index >= 15 is 0 Å². The summed E-state index contributed by atoms with van der Waals surface area (Å²) in [4.78, 5) is 0. The largest absolute Gasteiger partial charge is 0.366 e. The Hall–Kier alpha value is -0.350. The van der Waals surface area contributed by atoms with Gasteiger partial charge in [-0.1, -0.05) is 18.2 Å². The predicted molar refractivity (Wildman–Crippen MR) is 75.7 cm³/mol. The van der Waals surface area contributed by atoms with Gasteiger partial charge in [-0.25, -0.2) is 0 Å². The Balaban J connectivity index is 0.000000259. The van der Waals surface area contributed by atoms with Crippen molar-refractivity contribution in [1.82, 2.24) is 0 Å². The number of hydrogen-bond donors (Lipinski definition) is 0. The third-order valence-corrected chi connectivity index (χ3v) is 2.03. The molecule has 0 N–H and O–H groups in total. The number of benzene rings is 1. The van der Waals surface area contributed by atoms with Crippen molar-refractivity contribution in [3.63, 3.8) is 0 Å². The van der Waals surface area contributed by atoms with Gasteiger partial charge in [-0.3, -0.25) is 5.92 Å². The standard InChI is InChI=1S/C8H5.2C5H5.Sc/c1-2-8-6-4-3-5-7-8;2*1-2-4-5-3-1;/h3-7H;2*1-5H;/q-1;;;. The van der Waals surface area contributed by atoms with Crippen LogP contribution < -0.4 is 0 Å². The van der Waals surface area contributed by atoms with Gasteiger partial charge in [0.05, 0.1) is 0 Å². The zero-order valence-electron chi connectivity index (χ0n) is 10.7. The molecule has 0 bridgehead atoms. The molecule has 0 saturated heterocycles. The van der Waals surface area contributed by atoms with Crippen LogP contribution in [0.3, 0.4) is 0 Å². The van der Waals surface area contributed by atoms with Crippen LogP contribution in [-0.4, -0.2) is 0 Å². The second-order valence-electron chi connectivity index (χ2n) is 3.42. The molecule has 2 aliphatic rings. The third kappa shape index (κ3) is 11.2. The van der Waals surface area contributed by atoms with Crippen molar-refractivity contribution in [3.05, 3.63) is 107 Å². The predicted octanol–water partition coefficient (Wildman–Crippen LogP) is 3.66. The Labute approximate surface area is 138 Å². The van der Waals surface area contributed by atoms with Crippen LogP contribution >= 0.6 is 0 Å². The summed E-state index contributed by atoms with van der Waals surface area (Å²) >= 11 is 0. The van der Waals surface area contributed by atoms with Crippen molar-refractivity contribution in [2.24, 2.45) is 0 Å². The molecule has 2 aliphatic carbocycles. The van der Waals surface area contributed by atoms with Gasteiger partial charge in [-0.2, -0.15) is 0 Å². The molecule has 0 spiro atoms. The molecule has 0 aromatic heterocycles. The van der Waals surface area contributed by atoms with Crippen molar-refractivity contribution >= 4 is 0 Å². The first-order chi connectivity index (χ1) is 8.93. The fraction of sp³-hybridized carbons (Fsp3) is 0. The summed E-state index contributed by atoms with van der Waals surface area (Å²) in [6.07, 6.45) is 26.7. The zero-order chi connectivity index (χ0) is 12.9. The Morgan fingerprint density at radius 2 is 0.895 bits per heavy atom. The Bertz CT molecular complexity index is 290. The molecule has 0 nitrogen and oxygen atoms in total. The van der Waals surface area contributed by atoms with E-state index in [1.54, 1.807) is 0 Å². The van der Waals surface area contributed by atoms with Crippen molar-refractivity contribution in [2.45, 2.75) is 0 Å². The van der Waals surface area contributed by atoms with Crippen LogP contribution in [0.2, 0.25) is 0 Å². The van der Waals surface area contributed by atoms with Gasteiger partial charge in [0.1, 0.15) is 0 Å². The number of hydrogen-bond acceptors (Lipinski definition) is 0. The van der Waals surface area contributed by atoms with Crippen LogP contribution in [0.4, 0.5) is 0 Å². The molecule has 0 aliphatic heterocycles. The van der Waals surface area contributed by atoms with Gasteiger partial charge in [0.25, 0.3) is 0 Å². The topological polar surface area (TPSA) is 0 Å². The molecule has 1 aromatic carbocycles. The van der Waals surface area contributed by atoms with Crippen LogP contribution in [0.1, 0.15) is 5.56 Å².